The van der Waals surface area contributed by atoms with Gasteiger partial charge in [-0.15, -0.1) is 0 Å². The van der Waals surface area contributed by atoms with E-state index in [9.17, 15) is 43.2 Å². The average molecular weight is 1510 g/mol. The molecule has 0 aromatic carbocycles. The van der Waals surface area contributed by atoms with Gasteiger partial charge in [0.05, 0.1) is 26.4 Å². The van der Waals surface area contributed by atoms with Gasteiger partial charge in [0.1, 0.15) is 19.3 Å². The van der Waals surface area contributed by atoms with Crippen molar-refractivity contribution in [2.24, 2.45) is 5.92 Å². The van der Waals surface area contributed by atoms with Gasteiger partial charge in [-0.2, -0.15) is 0 Å². The number of carbonyl (C=O) groups is 4. The summed E-state index contributed by atoms with van der Waals surface area (Å²) in [6.45, 7) is 7.34. The van der Waals surface area contributed by atoms with E-state index in [4.69, 9.17) is 37.0 Å². The monoisotopic (exact) mass is 1510 g/mol. The first-order chi connectivity index (χ1) is 50.0. The molecule has 0 aromatic heterocycles. The van der Waals surface area contributed by atoms with Crippen LogP contribution in [0.15, 0.2) is 0 Å². The second kappa shape index (κ2) is 76.8. The highest BCUT2D eigenvalue weighted by Crippen LogP contribution is 2.45. The van der Waals surface area contributed by atoms with Crippen LogP contribution in [-0.4, -0.2) is 96.7 Å². The number of aliphatic hydroxyl groups is 1. The van der Waals surface area contributed by atoms with Crippen molar-refractivity contribution in [3.8, 4) is 0 Å². The number of phosphoric acid groups is 2. The Morgan fingerprint density at radius 2 is 0.447 bits per heavy atom. The number of hydrogen-bond donors (Lipinski definition) is 3. The molecule has 2 unspecified atom stereocenters. The van der Waals surface area contributed by atoms with Crippen LogP contribution in [0.2, 0.25) is 0 Å². The number of esters is 4. The van der Waals surface area contributed by atoms with Crippen LogP contribution in [0.3, 0.4) is 0 Å². The van der Waals surface area contributed by atoms with Gasteiger partial charge in [-0.1, -0.05) is 401 Å². The van der Waals surface area contributed by atoms with Gasteiger partial charge in [-0.05, 0) is 31.6 Å². The number of rotatable bonds is 84. The minimum Gasteiger partial charge on any atom is -0.462 e. The van der Waals surface area contributed by atoms with Crippen molar-refractivity contribution in [1.29, 1.82) is 0 Å². The fourth-order valence-electron chi connectivity index (χ4n) is 13.1. The summed E-state index contributed by atoms with van der Waals surface area (Å²) in [6.07, 6.45) is 69.5. The van der Waals surface area contributed by atoms with E-state index in [-0.39, 0.29) is 25.7 Å². The summed E-state index contributed by atoms with van der Waals surface area (Å²) in [6, 6.07) is 0. The number of ether oxygens (including phenoxy) is 4. The maximum Gasteiger partial charge on any atom is 0.472 e. The van der Waals surface area contributed by atoms with Gasteiger partial charge in [-0.3, -0.25) is 37.3 Å². The largest absolute Gasteiger partial charge is 0.472 e. The zero-order chi connectivity index (χ0) is 75.5. The van der Waals surface area contributed by atoms with Crippen molar-refractivity contribution in [2.45, 2.75) is 470 Å². The van der Waals surface area contributed by atoms with Gasteiger partial charge >= 0.3 is 39.5 Å². The highest BCUT2D eigenvalue weighted by atomic mass is 31.2. The van der Waals surface area contributed by atoms with Gasteiger partial charge in [0.15, 0.2) is 12.2 Å². The molecule has 0 fully saturated rings. The van der Waals surface area contributed by atoms with E-state index in [0.29, 0.717) is 25.7 Å². The first-order valence-electron chi connectivity index (χ1n) is 43.6. The third kappa shape index (κ3) is 78.0. The summed E-state index contributed by atoms with van der Waals surface area (Å²) in [7, 11) is -9.92. The summed E-state index contributed by atoms with van der Waals surface area (Å²) < 4.78 is 68.8. The molecular weight excluding hydrogens is 1340 g/mol. The molecule has 0 heterocycles. The molecule has 0 aromatic rings. The molecule has 0 amide bonds. The fourth-order valence-corrected chi connectivity index (χ4v) is 14.7. The van der Waals surface area contributed by atoms with Crippen LogP contribution in [0.4, 0.5) is 0 Å². The quantitative estimate of drug-likeness (QED) is 0.0222. The van der Waals surface area contributed by atoms with E-state index in [1.807, 2.05) is 0 Å². The predicted molar refractivity (Wildman–Crippen MR) is 423 cm³/mol. The van der Waals surface area contributed by atoms with Crippen LogP contribution < -0.4 is 0 Å². The Labute approximate surface area is 632 Å². The summed E-state index contributed by atoms with van der Waals surface area (Å²) in [5.41, 5.74) is 0. The lowest BCUT2D eigenvalue weighted by molar-refractivity contribution is -0.161. The van der Waals surface area contributed by atoms with Crippen LogP contribution in [0.25, 0.3) is 0 Å². The Bertz CT molecular complexity index is 1960. The van der Waals surface area contributed by atoms with Crippen LogP contribution in [0.5, 0.6) is 0 Å². The van der Waals surface area contributed by atoms with Crippen molar-refractivity contribution < 1.29 is 80.2 Å². The predicted octanol–water partition coefficient (Wildman–Crippen LogP) is 25.6. The smallest absolute Gasteiger partial charge is 0.462 e. The second-order valence-electron chi connectivity index (χ2n) is 30.7. The lowest BCUT2D eigenvalue weighted by Gasteiger charge is -2.21. The molecule has 0 spiro atoms. The average Bonchev–Trinajstić information content (AvgIpc) is 0.911. The third-order valence-electron chi connectivity index (χ3n) is 19.8. The zero-order valence-electron chi connectivity index (χ0n) is 67.5. The molecule has 0 saturated heterocycles. The molecule has 19 heteroatoms. The van der Waals surface area contributed by atoms with E-state index in [0.717, 1.165) is 95.8 Å². The second-order valence-corrected chi connectivity index (χ2v) is 33.6. The molecule has 0 aliphatic rings. The van der Waals surface area contributed by atoms with Crippen molar-refractivity contribution in [1.82, 2.24) is 0 Å². The minimum absolute atomic E-state index is 0.107. The van der Waals surface area contributed by atoms with E-state index in [2.05, 4.69) is 34.6 Å². The van der Waals surface area contributed by atoms with E-state index >= 15 is 0 Å². The maximum atomic E-state index is 13.1. The topological polar surface area (TPSA) is 237 Å². The van der Waals surface area contributed by atoms with Crippen LogP contribution in [-0.2, 0) is 65.4 Å². The van der Waals surface area contributed by atoms with Crippen molar-refractivity contribution in [2.75, 3.05) is 39.6 Å². The van der Waals surface area contributed by atoms with Gasteiger partial charge in [0.2, 0.25) is 0 Å². The highest BCUT2D eigenvalue weighted by Gasteiger charge is 2.30. The van der Waals surface area contributed by atoms with Gasteiger partial charge in [-0.25, -0.2) is 9.13 Å². The zero-order valence-corrected chi connectivity index (χ0v) is 69.3. The molecule has 0 radical (unpaired) electrons. The molecule has 0 aliphatic carbocycles. The number of hydrogen-bond acceptors (Lipinski definition) is 15. The minimum atomic E-state index is -4.96. The molecule has 3 N–H and O–H groups in total. The lowest BCUT2D eigenvalue weighted by atomic mass is 10.0. The van der Waals surface area contributed by atoms with Gasteiger partial charge in [0, 0.05) is 25.7 Å². The maximum absolute atomic E-state index is 13.1. The fraction of sp³-hybridized carbons (Fsp3) is 0.952. The molecule has 0 aliphatic heterocycles. The van der Waals surface area contributed by atoms with E-state index in [1.54, 1.807) is 0 Å². The third-order valence-corrected chi connectivity index (χ3v) is 21.7. The molecule has 103 heavy (non-hydrogen) atoms. The first kappa shape index (κ1) is 101. The van der Waals surface area contributed by atoms with Crippen LogP contribution in [0.1, 0.15) is 452 Å². The molecule has 17 nitrogen and oxygen atoms in total. The van der Waals surface area contributed by atoms with Crippen molar-refractivity contribution in [3.63, 3.8) is 0 Å². The Kier molecular flexibility index (Phi) is 75.4. The van der Waals surface area contributed by atoms with Crippen molar-refractivity contribution >= 4 is 39.5 Å². The first-order valence-corrected chi connectivity index (χ1v) is 46.6. The summed E-state index contributed by atoms with van der Waals surface area (Å²) in [5, 5.41) is 10.7. The van der Waals surface area contributed by atoms with E-state index < -0.39 is 97.5 Å². The lowest BCUT2D eigenvalue weighted by Crippen LogP contribution is -2.30. The Balaban J connectivity index is 5.21. The summed E-state index contributed by atoms with van der Waals surface area (Å²) in [4.78, 5) is 73.1. The molecular formula is C84H164O17P2. The number of phosphoric ester groups is 2. The SMILES string of the molecule is CCCCCCCCCCCCCCCCCCCCCCCCC(=O)O[C@H](COC(=O)CCCCCCCCCCCCCCCCCCC)COP(=O)(O)OC[C@@H](O)COP(=O)(O)OC[C@@H](COC(=O)CCCCCCCCCCCC)OC(=O)CCCCCCCCCCCCCC(C)C. The number of carbonyl (C=O) groups excluding carboxylic acids is 4. The number of unbranched alkanes of at least 4 members (excludes halogenated alkanes) is 56. The number of aliphatic hydroxyl groups excluding tert-OH is 1. The molecule has 612 valence electrons. The summed E-state index contributed by atoms with van der Waals surface area (Å²) in [5.74, 6) is -1.34. The summed E-state index contributed by atoms with van der Waals surface area (Å²) >= 11 is 0. The standard InChI is InChI=1S/C84H164O17P2/c1-6-9-12-15-18-21-24-26-28-30-31-32-33-34-36-38-40-44-49-54-59-64-69-83(88)100-80(74-95-82(87)68-63-58-53-48-43-39-37-35-29-27-25-22-19-16-13-10-7-2)76-99-103(92,93)97-72-78(85)71-96-102(90,91)98-75-79(73-94-81(86)67-62-57-52-47-23-20-17-14-11-8-3)101-84(89)70-65-60-55-50-45-41-42-46-51-56-61-66-77(4)5/h77-80,85H,6-76H2,1-5H3,(H,90,91)(H,92,93)/t78-,79+,80+/m0/s1. The molecule has 5 atom stereocenters. The Hall–Kier alpha value is -1.94. The Morgan fingerprint density at radius 3 is 0.660 bits per heavy atom. The molecule has 0 saturated carbocycles. The van der Waals surface area contributed by atoms with Crippen LogP contribution >= 0.6 is 15.6 Å². The normalized spacial score (nSPS) is 13.8. The Morgan fingerprint density at radius 1 is 0.262 bits per heavy atom. The van der Waals surface area contributed by atoms with Crippen LogP contribution in [0, 0.1) is 5.92 Å². The molecule has 0 bridgehead atoms. The van der Waals surface area contributed by atoms with Crippen molar-refractivity contribution in [3.05, 3.63) is 0 Å². The highest BCUT2D eigenvalue weighted by molar-refractivity contribution is 7.47. The van der Waals surface area contributed by atoms with Gasteiger partial charge < -0.3 is 33.8 Å². The van der Waals surface area contributed by atoms with Gasteiger partial charge in [0.25, 0.3) is 0 Å². The molecule has 0 rings (SSSR count). The van der Waals surface area contributed by atoms with E-state index in [1.165, 1.54) is 276 Å².